The highest BCUT2D eigenvalue weighted by Gasteiger charge is 2.27. The van der Waals surface area contributed by atoms with Gasteiger partial charge in [0.25, 0.3) is 5.91 Å². The van der Waals surface area contributed by atoms with Crippen molar-refractivity contribution < 1.29 is 4.79 Å². The van der Waals surface area contributed by atoms with Crippen LogP contribution in [0.2, 0.25) is 10.0 Å². The number of hydrogen-bond acceptors (Lipinski definition) is 3. The van der Waals surface area contributed by atoms with E-state index in [2.05, 4.69) is 5.10 Å². The number of halogens is 2. The van der Waals surface area contributed by atoms with Crippen LogP contribution < -0.4 is 10.7 Å². The zero-order chi connectivity index (χ0) is 12.7. The Kier molecular flexibility index (Phi) is 3.02. The summed E-state index contributed by atoms with van der Waals surface area (Å²) >= 11 is 12.3. The van der Waals surface area contributed by atoms with Gasteiger partial charge in [-0.2, -0.15) is 10.1 Å². The van der Waals surface area contributed by atoms with Crippen LogP contribution >= 0.6 is 23.2 Å². The molecule has 0 atom stereocenters. The zero-order valence-electron chi connectivity index (χ0n) is 9.42. The first-order valence-electron chi connectivity index (χ1n) is 5.03. The van der Waals surface area contributed by atoms with Crippen molar-refractivity contribution in [2.75, 3.05) is 5.01 Å². The van der Waals surface area contributed by atoms with E-state index in [0.717, 1.165) is 11.1 Å². The molecule has 1 amide bonds. The molecule has 90 valence electrons. The van der Waals surface area contributed by atoms with Crippen molar-refractivity contribution in [1.82, 2.24) is 0 Å². The molecule has 17 heavy (non-hydrogen) atoms. The second kappa shape index (κ2) is 4.20. The summed E-state index contributed by atoms with van der Waals surface area (Å²) in [5.41, 5.74) is 7.63. The fourth-order valence-electron chi connectivity index (χ4n) is 1.78. The van der Waals surface area contributed by atoms with E-state index in [4.69, 9.17) is 28.9 Å². The molecule has 6 heteroatoms. The van der Waals surface area contributed by atoms with Gasteiger partial charge in [0.1, 0.15) is 5.84 Å². The van der Waals surface area contributed by atoms with Crippen molar-refractivity contribution in [2.24, 2.45) is 10.8 Å². The van der Waals surface area contributed by atoms with E-state index in [1.54, 1.807) is 13.0 Å². The Morgan fingerprint density at radius 1 is 1.41 bits per heavy atom. The van der Waals surface area contributed by atoms with Crippen LogP contribution in [0.1, 0.15) is 17.5 Å². The summed E-state index contributed by atoms with van der Waals surface area (Å²) in [5.74, 6) is 0.0783. The average Bonchev–Trinajstić information content (AvgIpc) is 2.55. The number of amidine groups is 1. The van der Waals surface area contributed by atoms with Crippen LogP contribution in [0.15, 0.2) is 11.2 Å². The molecule has 1 aromatic rings. The Morgan fingerprint density at radius 3 is 2.59 bits per heavy atom. The summed E-state index contributed by atoms with van der Waals surface area (Å²) in [6.07, 6.45) is 0.112. The van der Waals surface area contributed by atoms with E-state index in [9.17, 15) is 4.79 Å². The molecule has 1 aromatic carbocycles. The van der Waals surface area contributed by atoms with E-state index in [1.807, 2.05) is 6.92 Å². The maximum absolute atomic E-state index is 11.7. The van der Waals surface area contributed by atoms with Crippen LogP contribution in [0.4, 0.5) is 5.69 Å². The van der Waals surface area contributed by atoms with E-state index in [-0.39, 0.29) is 18.2 Å². The molecule has 0 saturated carbocycles. The lowest BCUT2D eigenvalue weighted by molar-refractivity contribution is -0.116. The van der Waals surface area contributed by atoms with Crippen LogP contribution in [0.5, 0.6) is 0 Å². The lowest BCUT2D eigenvalue weighted by Gasteiger charge is -2.18. The molecule has 0 spiro atoms. The van der Waals surface area contributed by atoms with Crippen LogP contribution in [-0.4, -0.2) is 11.7 Å². The molecule has 0 bridgehead atoms. The monoisotopic (exact) mass is 271 g/mol. The lowest BCUT2D eigenvalue weighted by atomic mass is 10.1. The summed E-state index contributed by atoms with van der Waals surface area (Å²) < 4.78 is 0. The molecule has 0 fully saturated rings. The van der Waals surface area contributed by atoms with Crippen molar-refractivity contribution >= 4 is 40.6 Å². The topological polar surface area (TPSA) is 58.7 Å². The Bertz CT molecular complexity index is 540. The summed E-state index contributed by atoms with van der Waals surface area (Å²) in [6, 6.07) is 1.71. The standard InChI is InChI=1S/C11H11Cl2N3O/c1-5-3-7(12)11(6(2)10(5)13)16-9(17)4-8(14)15-16/h3H,4H2,1-2H3,(H2,14,15). The zero-order valence-corrected chi connectivity index (χ0v) is 10.9. The van der Waals surface area contributed by atoms with Crippen LogP contribution in [0.25, 0.3) is 0 Å². The Morgan fingerprint density at radius 2 is 2.06 bits per heavy atom. The van der Waals surface area contributed by atoms with E-state index >= 15 is 0 Å². The van der Waals surface area contributed by atoms with Gasteiger partial charge in [-0.1, -0.05) is 23.2 Å². The predicted molar refractivity (Wildman–Crippen MR) is 69.7 cm³/mol. The van der Waals surface area contributed by atoms with Crippen molar-refractivity contribution in [3.8, 4) is 0 Å². The smallest absolute Gasteiger partial charge is 0.255 e. The molecule has 2 rings (SSSR count). The number of rotatable bonds is 1. The van der Waals surface area contributed by atoms with E-state index in [1.165, 1.54) is 5.01 Å². The minimum atomic E-state index is -0.201. The number of nitrogens with two attached hydrogens (primary N) is 1. The maximum Gasteiger partial charge on any atom is 0.255 e. The first-order chi connectivity index (χ1) is 7.91. The molecule has 1 heterocycles. The second-order valence-electron chi connectivity index (χ2n) is 3.94. The minimum absolute atomic E-state index is 0.112. The summed E-state index contributed by atoms with van der Waals surface area (Å²) in [7, 11) is 0. The summed E-state index contributed by atoms with van der Waals surface area (Å²) in [5, 5.41) is 6.21. The molecule has 2 N–H and O–H groups in total. The summed E-state index contributed by atoms with van der Waals surface area (Å²) in [4.78, 5) is 11.7. The van der Waals surface area contributed by atoms with Crippen molar-refractivity contribution in [2.45, 2.75) is 20.3 Å². The number of hydrazone groups is 1. The largest absolute Gasteiger partial charge is 0.385 e. The fraction of sp³-hybridized carbons (Fsp3) is 0.273. The van der Waals surface area contributed by atoms with Gasteiger partial charge in [0.15, 0.2) is 0 Å². The maximum atomic E-state index is 11.7. The second-order valence-corrected chi connectivity index (χ2v) is 4.72. The van der Waals surface area contributed by atoms with Gasteiger partial charge in [-0.25, -0.2) is 0 Å². The highest BCUT2D eigenvalue weighted by Crippen LogP contribution is 2.37. The van der Waals surface area contributed by atoms with Gasteiger partial charge >= 0.3 is 0 Å². The number of nitrogens with zero attached hydrogens (tertiary/aromatic N) is 2. The number of benzene rings is 1. The van der Waals surface area contributed by atoms with Gasteiger partial charge in [-0.05, 0) is 31.0 Å². The molecule has 0 radical (unpaired) electrons. The third-order valence-electron chi connectivity index (χ3n) is 2.61. The van der Waals surface area contributed by atoms with Crippen LogP contribution in [0, 0.1) is 13.8 Å². The quantitative estimate of drug-likeness (QED) is 0.854. The van der Waals surface area contributed by atoms with Gasteiger partial charge in [0.2, 0.25) is 0 Å². The molecule has 0 aliphatic carbocycles. The number of amides is 1. The first-order valence-corrected chi connectivity index (χ1v) is 5.78. The normalized spacial score (nSPS) is 15.4. The third kappa shape index (κ3) is 1.98. The molecule has 0 aromatic heterocycles. The van der Waals surface area contributed by atoms with Gasteiger partial charge < -0.3 is 5.73 Å². The van der Waals surface area contributed by atoms with Crippen LogP contribution in [0.3, 0.4) is 0 Å². The van der Waals surface area contributed by atoms with Gasteiger partial charge in [-0.15, -0.1) is 0 Å². The van der Waals surface area contributed by atoms with Crippen molar-refractivity contribution in [1.29, 1.82) is 0 Å². The summed E-state index contributed by atoms with van der Waals surface area (Å²) in [6.45, 7) is 3.66. The first kappa shape index (κ1) is 12.2. The minimum Gasteiger partial charge on any atom is -0.385 e. The molecular weight excluding hydrogens is 261 g/mol. The van der Waals surface area contributed by atoms with Crippen LogP contribution in [-0.2, 0) is 4.79 Å². The highest BCUT2D eigenvalue weighted by atomic mass is 35.5. The number of carbonyl (C=O) groups excluding carboxylic acids is 1. The van der Waals surface area contributed by atoms with Crippen molar-refractivity contribution in [3.05, 3.63) is 27.2 Å². The molecule has 1 aliphatic rings. The number of anilines is 1. The predicted octanol–water partition coefficient (Wildman–Crippen LogP) is 2.62. The third-order valence-corrected chi connectivity index (χ3v) is 3.48. The molecule has 1 aliphatic heterocycles. The van der Waals surface area contributed by atoms with Gasteiger partial charge in [0, 0.05) is 5.02 Å². The molecule has 0 saturated heterocycles. The highest BCUT2D eigenvalue weighted by molar-refractivity contribution is 6.37. The molecule has 4 nitrogen and oxygen atoms in total. The number of carbonyl (C=O) groups is 1. The Labute approximate surface area is 109 Å². The Hall–Kier alpha value is -1.26. The number of aryl methyl sites for hydroxylation is 1. The fourth-order valence-corrected chi connectivity index (χ4v) is 2.31. The van der Waals surface area contributed by atoms with E-state index < -0.39 is 0 Å². The number of hydrogen-bond donors (Lipinski definition) is 1. The Balaban J connectivity index is 2.60. The van der Waals surface area contributed by atoms with Crippen molar-refractivity contribution in [3.63, 3.8) is 0 Å². The average molecular weight is 272 g/mol. The molecule has 0 unspecified atom stereocenters. The molecular formula is C11H11Cl2N3O. The lowest BCUT2D eigenvalue weighted by Crippen LogP contribution is -2.21. The van der Waals surface area contributed by atoms with Gasteiger partial charge in [-0.3, -0.25) is 4.79 Å². The van der Waals surface area contributed by atoms with E-state index in [0.29, 0.717) is 15.7 Å². The SMILES string of the molecule is Cc1cc(Cl)c(N2N=C(N)CC2=O)c(C)c1Cl. The van der Waals surface area contributed by atoms with Gasteiger partial charge in [0.05, 0.1) is 17.1 Å².